The van der Waals surface area contributed by atoms with Gasteiger partial charge >= 0.3 is 0 Å². The molecule has 1 aromatic heterocycles. The summed E-state index contributed by atoms with van der Waals surface area (Å²) in [5.74, 6) is 0. The van der Waals surface area contributed by atoms with Gasteiger partial charge in [0.2, 0.25) is 0 Å². The van der Waals surface area contributed by atoms with E-state index in [4.69, 9.17) is 0 Å². The summed E-state index contributed by atoms with van der Waals surface area (Å²) in [5.41, 5.74) is 2.04. The molecule has 0 aliphatic heterocycles. The molecular formula is C14H23N3. The minimum absolute atomic E-state index is 0.679. The van der Waals surface area contributed by atoms with Gasteiger partial charge in [0, 0.05) is 25.0 Å². The molecule has 1 aromatic rings. The van der Waals surface area contributed by atoms with E-state index in [2.05, 4.69) is 15.3 Å². The van der Waals surface area contributed by atoms with Gasteiger partial charge in [-0.1, -0.05) is 32.1 Å². The molecule has 0 radical (unpaired) electrons. The van der Waals surface area contributed by atoms with Gasteiger partial charge < -0.3 is 5.32 Å². The molecule has 94 valence electrons. The van der Waals surface area contributed by atoms with E-state index in [1.165, 1.54) is 44.9 Å². The van der Waals surface area contributed by atoms with Crippen molar-refractivity contribution in [3.8, 4) is 0 Å². The Morgan fingerprint density at radius 2 is 1.76 bits per heavy atom. The zero-order chi connectivity index (χ0) is 11.9. The van der Waals surface area contributed by atoms with Crippen molar-refractivity contribution in [1.82, 2.24) is 15.3 Å². The molecule has 0 atom stereocenters. The Hall–Kier alpha value is -0.960. The van der Waals surface area contributed by atoms with E-state index >= 15 is 0 Å². The van der Waals surface area contributed by atoms with Crippen LogP contribution in [0.2, 0.25) is 0 Å². The van der Waals surface area contributed by atoms with Gasteiger partial charge in [-0.05, 0) is 19.8 Å². The number of hydrogen-bond acceptors (Lipinski definition) is 3. The fraction of sp³-hybridized carbons (Fsp3) is 0.714. The third kappa shape index (κ3) is 4.43. The Kier molecular flexibility index (Phi) is 4.92. The van der Waals surface area contributed by atoms with Crippen molar-refractivity contribution in [1.29, 1.82) is 0 Å². The molecule has 0 amide bonds. The van der Waals surface area contributed by atoms with Crippen LogP contribution in [-0.2, 0) is 6.54 Å². The lowest BCUT2D eigenvalue weighted by molar-refractivity contribution is 0.387. The van der Waals surface area contributed by atoms with Crippen LogP contribution in [-0.4, -0.2) is 16.0 Å². The number of nitrogens with zero attached hydrogens (tertiary/aromatic N) is 2. The highest BCUT2D eigenvalue weighted by Gasteiger charge is 2.10. The molecule has 0 aromatic carbocycles. The smallest absolute Gasteiger partial charge is 0.0724 e. The summed E-state index contributed by atoms with van der Waals surface area (Å²) in [7, 11) is 0. The van der Waals surface area contributed by atoms with E-state index in [9.17, 15) is 0 Å². The van der Waals surface area contributed by atoms with Crippen LogP contribution in [0.25, 0.3) is 0 Å². The highest BCUT2D eigenvalue weighted by Crippen LogP contribution is 2.17. The van der Waals surface area contributed by atoms with Crippen LogP contribution in [0.15, 0.2) is 12.4 Å². The third-order valence-electron chi connectivity index (χ3n) is 3.51. The molecule has 1 N–H and O–H groups in total. The normalized spacial score (nSPS) is 18.6. The van der Waals surface area contributed by atoms with E-state index in [1.807, 2.05) is 19.3 Å². The highest BCUT2D eigenvalue weighted by atomic mass is 14.9. The average molecular weight is 233 g/mol. The van der Waals surface area contributed by atoms with E-state index < -0.39 is 0 Å². The predicted molar refractivity (Wildman–Crippen MR) is 69.7 cm³/mol. The second kappa shape index (κ2) is 6.70. The molecule has 17 heavy (non-hydrogen) atoms. The number of hydrogen-bond donors (Lipinski definition) is 1. The SMILES string of the molecule is Cc1cnc(CNC2CCCCCCC2)cn1. The van der Waals surface area contributed by atoms with Crippen LogP contribution in [0.4, 0.5) is 0 Å². The van der Waals surface area contributed by atoms with Gasteiger partial charge in [0.1, 0.15) is 0 Å². The maximum absolute atomic E-state index is 4.38. The molecule has 1 fully saturated rings. The molecule has 0 bridgehead atoms. The zero-order valence-electron chi connectivity index (χ0n) is 10.8. The second-order valence-electron chi connectivity index (χ2n) is 5.07. The lowest BCUT2D eigenvalue weighted by Crippen LogP contribution is -2.29. The number of aromatic nitrogens is 2. The fourth-order valence-electron chi connectivity index (χ4n) is 2.42. The summed E-state index contributed by atoms with van der Waals surface area (Å²) in [5, 5.41) is 3.62. The number of aryl methyl sites for hydroxylation is 1. The van der Waals surface area contributed by atoms with E-state index in [1.54, 1.807) is 0 Å². The molecular weight excluding hydrogens is 210 g/mol. The van der Waals surface area contributed by atoms with Crippen molar-refractivity contribution in [2.24, 2.45) is 0 Å². The molecule has 3 heteroatoms. The fourth-order valence-corrected chi connectivity index (χ4v) is 2.42. The standard InChI is InChI=1S/C14H23N3/c1-12-9-16-14(10-15-12)11-17-13-7-5-3-2-4-6-8-13/h9-10,13,17H,2-8,11H2,1H3. The van der Waals surface area contributed by atoms with Crippen molar-refractivity contribution >= 4 is 0 Å². The Morgan fingerprint density at radius 3 is 2.41 bits per heavy atom. The van der Waals surface area contributed by atoms with Gasteiger partial charge in [-0.15, -0.1) is 0 Å². The van der Waals surface area contributed by atoms with Crippen molar-refractivity contribution in [3.63, 3.8) is 0 Å². The summed E-state index contributed by atoms with van der Waals surface area (Å²) in [4.78, 5) is 8.65. The van der Waals surface area contributed by atoms with Crippen molar-refractivity contribution in [2.75, 3.05) is 0 Å². The minimum Gasteiger partial charge on any atom is -0.308 e. The largest absolute Gasteiger partial charge is 0.308 e. The quantitative estimate of drug-likeness (QED) is 0.872. The first-order chi connectivity index (χ1) is 8.34. The summed E-state index contributed by atoms with van der Waals surface area (Å²) in [6.07, 6.45) is 13.3. The monoisotopic (exact) mass is 233 g/mol. The van der Waals surface area contributed by atoms with Gasteiger partial charge in [-0.2, -0.15) is 0 Å². The molecule has 1 aliphatic carbocycles. The molecule has 3 nitrogen and oxygen atoms in total. The van der Waals surface area contributed by atoms with Crippen LogP contribution in [0.5, 0.6) is 0 Å². The summed E-state index contributed by atoms with van der Waals surface area (Å²) < 4.78 is 0. The average Bonchev–Trinajstić information content (AvgIpc) is 2.30. The van der Waals surface area contributed by atoms with Gasteiger partial charge in [0.25, 0.3) is 0 Å². The van der Waals surface area contributed by atoms with Crippen LogP contribution in [0.3, 0.4) is 0 Å². The molecule has 0 spiro atoms. The maximum Gasteiger partial charge on any atom is 0.0724 e. The lowest BCUT2D eigenvalue weighted by atomic mass is 9.97. The second-order valence-corrected chi connectivity index (χ2v) is 5.07. The topological polar surface area (TPSA) is 37.8 Å². The van der Waals surface area contributed by atoms with Crippen molar-refractivity contribution < 1.29 is 0 Å². The Balaban J connectivity index is 1.77. The van der Waals surface area contributed by atoms with Crippen molar-refractivity contribution in [2.45, 2.75) is 64.5 Å². The van der Waals surface area contributed by atoms with Crippen LogP contribution in [0, 0.1) is 6.92 Å². The third-order valence-corrected chi connectivity index (χ3v) is 3.51. The van der Waals surface area contributed by atoms with E-state index in [0.717, 1.165) is 17.9 Å². The van der Waals surface area contributed by atoms with E-state index in [-0.39, 0.29) is 0 Å². The predicted octanol–water partition coefficient (Wildman–Crippen LogP) is 2.99. The lowest BCUT2D eigenvalue weighted by Gasteiger charge is -2.20. The first-order valence-electron chi connectivity index (χ1n) is 6.85. The minimum atomic E-state index is 0.679. The van der Waals surface area contributed by atoms with Gasteiger partial charge in [-0.25, -0.2) is 0 Å². The molecule has 1 heterocycles. The molecule has 2 rings (SSSR count). The van der Waals surface area contributed by atoms with Crippen molar-refractivity contribution in [3.05, 3.63) is 23.8 Å². The first kappa shape index (κ1) is 12.5. The maximum atomic E-state index is 4.38. The number of rotatable bonds is 3. The highest BCUT2D eigenvalue weighted by molar-refractivity contribution is 5.00. The Morgan fingerprint density at radius 1 is 1.06 bits per heavy atom. The van der Waals surface area contributed by atoms with Gasteiger partial charge in [-0.3, -0.25) is 9.97 Å². The molecule has 0 unspecified atom stereocenters. The Bertz CT molecular complexity index is 313. The number of nitrogens with one attached hydrogen (secondary N) is 1. The summed E-state index contributed by atoms with van der Waals surface area (Å²) >= 11 is 0. The molecule has 0 saturated heterocycles. The van der Waals surface area contributed by atoms with E-state index in [0.29, 0.717) is 6.04 Å². The van der Waals surface area contributed by atoms with Gasteiger partial charge in [0.05, 0.1) is 11.4 Å². The zero-order valence-corrected chi connectivity index (χ0v) is 10.8. The van der Waals surface area contributed by atoms with Crippen LogP contribution in [0.1, 0.15) is 56.3 Å². The summed E-state index contributed by atoms with van der Waals surface area (Å²) in [6.45, 7) is 2.83. The van der Waals surface area contributed by atoms with Crippen LogP contribution < -0.4 is 5.32 Å². The summed E-state index contributed by atoms with van der Waals surface area (Å²) in [6, 6.07) is 0.679. The van der Waals surface area contributed by atoms with Crippen LogP contribution >= 0.6 is 0 Å². The Labute approximate surface area is 104 Å². The molecule has 1 saturated carbocycles. The van der Waals surface area contributed by atoms with Gasteiger partial charge in [0.15, 0.2) is 0 Å². The first-order valence-corrected chi connectivity index (χ1v) is 6.85. The molecule has 1 aliphatic rings.